The molecule has 2 N–H and O–H groups in total. The number of benzene rings is 1. The number of nitrogens with zero attached hydrogens (tertiary/aromatic N) is 2. The number of aromatic amines is 1. The molecule has 2 heterocycles. The van der Waals surface area contributed by atoms with E-state index in [2.05, 4.69) is 38.7 Å². The van der Waals surface area contributed by atoms with E-state index in [9.17, 15) is 4.79 Å². The third-order valence-corrected chi connectivity index (χ3v) is 4.80. The van der Waals surface area contributed by atoms with Crippen molar-refractivity contribution in [3.63, 3.8) is 0 Å². The van der Waals surface area contributed by atoms with E-state index in [0.717, 1.165) is 22.9 Å². The van der Waals surface area contributed by atoms with Crippen molar-refractivity contribution in [1.29, 1.82) is 0 Å². The van der Waals surface area contributed by atoms with Gasteiger partial charge in [0.2, 0.25) is 0 Å². The Labute approximate surface area is 140 Å². The zero-order chi connectivity index (χ0) is 16.5. The average molecular weight is 320 g/mol. The van der Waals surface area contributed by atoms with Gasteiger partial charge in [-0.2, -0.15) is 5.10 Å². The first kappa shape index (κ1) is 14.9. The van der Waals surface area contributed by atoms with E-state index in [4.69, 9.17) is 0 Å². The second-order valence-electron chi connectivity index (χ2n) is 6.42. The molecule has 0 saturated carbocycles. The van der Waals surface area contributed by atoms with Gasteiger partial charge in [0, 0.05) is 12.4 Å². The first-order chi connectivity index (χ1) is 11.7. The Morgan fingerprint density at radius 2 is 2.04 bits per heavy atom. The van der Waals surface area contributed by atoms with Crippen molar-refractivity contribution in [3.8, 4) is 0 Å². The molecule has 1 aliphatic carbocycles. The molecule has 24 heavy (non-hydrogen) atoms. The van der Waals surface area contributed by atoms with Gasteiger partial charge in [-0.1, -0.05) is 18.2 Å². The molecule has 122 valence electrons. The van der Waals surface area contributed by atoms with Crippen LogP contribution < -0.4 is 5.32 Å². The fourth-order valence-electron chi connectivity index (χ4n) is 3.40. The minimum Gasteiger partial charge on any atom is -0.344 e. The van der Waals surface area contributed by atoms with Gasteiger partial charge in [-0.3, -0.25) is 14.9 Å². The molecule has 1 aliphatic rings. The van der Waals surface area contributed by atoms with E-state index >= 15 is 0 Å². The number of pyridine rings is 1. The standard InChI is InChI=1S/C19H20N4O/c1-12(14-7-6-13-4-2-3-5-15(13)10-14)21-19(24)18-16-11-20-9-8-17(16)22-23-18/h6-12H,2-5H2,1H3,(H,21,24)(H,22,23). The van der Waals surface area contributed by atoms with E-state index in [1.165, 1.54) is 30.4 Å². The predicted octanol–water partition coefficient (Wildman–Crippen LogP) is 3.33. The van der Waals surface area contributed by atoms with Crippen LogP contribution in [0.3, 0.4) is 0 Å². The van der Waals surface area contributed by atoms with E-state index in [1.807, 2.05) is 13.0 Å². The Balaban J connectivity index is 1.55. The van der Waals surface area contributed by atoms with Crippen LogP contribution in [0.1, 0.15) is 53.0 Å². The lowest BCUT2D eigenvalue weighted by Crippen LogP contribution is -2.27. The lowest BCUT2D eigenvalue weighted by Gasteiger charge is -2.19. The van der Waals surface area contributed by atoms with E-state index in [-0.39, 0.29) is 11.9 Å². The topological polar surface area (TPSA) is 70.7 Å². The fourth-order valence-corrected chi connectivity index (χ4v) is 3.40. The maximum Gasteiger partial charge on any atom is 0.272 e. The molecule has 5 nitrogen and oxygen atoms in total. The van der Waals surface area contributed by atoms with Crippen molar-refractivity contribution in [2.75, 3.05) is 0 Å². The third kappa shape index (κ3) is 2.66. The van der Waals surface area contributed by atoms with Crippen LogP contribution in [0.5, 0.6) is 0 Å². The number of aryl methyl sites for hydroxylation is 2. The number of H-pyrrole nitrogens is 1. The lowest BCUT2D eigenvalue weighted by molar-refractivity contribution is 0.0936. The largest absolute Gasteiger partial charge is 0.344 e. The minimum atomic E-state index is -0.181. The Kier molecular flexibility index (Phi) is 3.76. The normalized spacial score (nSPS) is 15.0. The van der Waals surface area contributed by atoms with Crippen LogP contribution in [-0.4, -0.2) is 21.1 Å². The number of hydrogen-bond acceptors (Lipinski definition) is 3. The van der Waals surface area contributed by atoms with Gasteiger partial charge >= 0.3 is 0 Å². The quantitative estimate of drug-likeness (QED) is 0.777. The zero-order valence-electron chi connectivity index (χ0n) is 13.7. The van der Waals surface area contributed by atoms with Crippen LogP contribution in [0.4, 0.5) is 0 Å². The Morgan fingerprint density at radius 3 is 2.92 bits per heavy atom. The molecule has 0 fully saturated rings. The average Bonchev–Trinajstić information content (AvgIpc) is 3.05. The Bertz CT molecular complexity index is 899. The van der Waals surface area contributed by atoms with Crippen LogP contribution in [-0.2, 0) is 12.8 Å². The van der Waals surface area contributed by atoms with E-state index in [0.29, 0.717) is 5.69 Å². The summed E-state index contributed by atoms with van der Waals surface area (Å²) in [6.07, 6.45) is 8.18. The van der Waals surface area contributed by atoms with Gasteiger partial charge < -0.3 is 5.32 Å². The third-order valence-electron chi connectivity index (χ3n) is 4.80. The number of carbonyl (C=O) groups excluding carboxylic acids is 1. The maximum atomic E-state index is 12.6. The molecule has 0 bridgehead atoms. The van der Waals surface area contributed by atoms with Crippen LogP contribution in [0.2, 0.25) is 0 Å². The van der Waals surface area contributed by atoms with Gasteiger partial charge in [-0.25, -0.2) is 0 Å². The molecule has 1 unspecified atom stereocenters. The number of amides is 1. The van der Waals surface area contributed by atoms with Gasteiger partial charge in [-0.15, -0.1) is 0 Å². The van der Waals surface area contributed by atoms with Crippen molar-refractivity contribution in [2.24, 2.45) is 0 Å². The number of aromatic nitrogens is 3. The monoisotopic (exact) mass is 320 g/mol. The molecular formula is C19H20N4O. The van der Waals surface area contributed by atoms with Crippen LogP contribution >= 0.6 is 0 Å². The molecule has 5 heteroatoms. The highest BCUT2D eigenvalue weighted by Gasteiger charge is 2.18. The molecule has 0 radical (unpaired) electrons. The lowest BCUT2D eigenvalue weighted by atomic mass is 9.89. The smallest absolute Gasteiger partial charge is 0.272 e. The van der Waals surface area contributed by atoms with Crippen molar-refractivity contribution in [2.45, 2.75) is 38.6 Å². The first-order valence-electron chi connectivity index (χ1n) is 8.43. The minimum absolute atomic E-state index is 0.0619. The van der Waals surface area contributed by atoms with E-state index in [1.54, 1.807) is 12.4 Å². The zero-order valence-corrected chi connectivity index (χ0v) is 13.7. The van der Waals surface area contributed by atoms with E-state index < -0.39 is 0 Å². The van der Waals surface area contributed by atoms with Gasteiger partial charge in [0.1, 0.15) is 0 Å². The van der Waals surface area contributed by atoms with Crippen LogP contribution in [0.15, 0.2) is 36.7 Å². The molecule has 0 spiro atoms. The van der Waals surface area contributed by atoms with Crippen molar-refractivity contribution < 1.29 is 4.79 Å². The summed E-state index contributed by atoms with van der Waals surface area (Å²) < 4.78 is 0. The molecular weight excluding hydrogens is 300 g/mol. The highest BCUT2D eigenvalue weighted by molar-refractivity contribution is 6.04. The summed E-state index contributed by atoms with van der Waals surface area (Å²) in [6, 6.07) is 8.32. The fraction of sp³-hybridized carbons (Fsp3) is 0.316. The molecule has 0 aliphatic heterocycles. The summed E-state index contributed by atoms with van der Waals surface area (Å²) in [5.41, 5.74) is 5.23. The number of carbonyl (C=O) groups is 1. The van der Waals surface area contributed by atoms with Gasteiger partial charge in [0.25, 0.3) is 5.91 Å². The van der Waals surface area contributed by atoms with Gasteiger partial charge in [0.15, 0.2) is 5.69 Å². The number of hydrogen-bond donors (Lipinski definition) is 2. The first-order valence-corrected chi connectivity index (χ1v) is 8.43. The molecule has 2 aromatic heterocycles. The molecule has 1 aromatic carbocycles. The van der Waals surface area contributed by atoms with Gasteiger partial charge in [0.05, 0.1) is 16.9 Å². The van der Waals surface area contributed by atoms with Crippen LogP contribution in [0.25, 0.3) is 10.9 Å². The molecule has 0 saturated heterocycles. The predicted molar refractivity (Wildman–Crippen MR) is 92.9 cm³/mol. The maximum absolute atomic E-state index is 12.6. The summed E-state index contributed by atoms with van der Waals surface area (Å²) in [5, 5.41) is 10.8. The molecule has 4 rings (SSSR count). The SMILES string of the molecule is CC(NC(=O)c1n[nH]c2ccncc12)c1ccc2c(c1)CCCC2. The Morgan fingerprint density at radius 1 is 1.21 bits per heavy atom. The van der Waals surface area contributed by atoms with Crippen LogP contribution in [0, 0.1) is 0 Å². The molecule has 1 atom stereocenters. The number of nitrogens with one attached hydrogen (secondary N) is 2. The van der Waals surface area contributed by atoms with Crippen molar-refractivity contribution in [3.05, 3.63) is 59.0 Å². The number of rotatable bonds is 3. The second-order valence-corrected chi connectivity index (χ2v) is 6.42. The summed E-state index contributed by atoms with van der Waals surface area (Å²) in [4.78, 5) is 16.6. The summed E-state index contributed by atoms with van der Waals surface area (Å²) in [5.74, 6) is -0.181. The summed E-state index contributed by atoms with van der Waals surface area (Å²) in [7, 11) is 0. The van der Waals surface area contributed by atoms with Gasteiger partial charge in [-0.05, 0) is 55.4 Å². The highest BCUT2D eigenvalue weighted by atomic mass is 16.2. The second kappa shape index (κ2) is 6.07. The summed E-state index contributed by atoms with van der Waals surface area (Å²) >= 11 is 0. The summed E-state index contributed by atoms with van der Waals surface area (Å²) in [6.45, 7) is 2.01. The van der Waals surface area contributed by atoms with Crippen molar-refractivity contribution in [1.82, 2.24) is 20.5 Å². The van der Waals surface area contributed by atoms with Crippen molar-refractivity contribution >= 4 is 16.8 Å². The Hall–Kier alpha value is -2.69. The molecule has 1 amide bonds. The molecule has 3 aromatic rings. The number of fused-ring (bicyclic) bond motifs is 2. The highest BCUT2D eigenvalue weighted by Crippen LogP contribution is 2.25.